The molecule has 0 saturated carbocycles. The van der Waals surface area contributed by atoms with E-state index >= 15 is 0 Å². The molecule has 10 N–H and O–H groups in total. The monoisotopic (exact) mass is 1910 g/mol. The normalized spacial score (nSPS) is 12.5. The number of anilines is 4. The molecule has 8 aromatic rings. The lowest BCUT2D eigenvalue weighted by atomic mass is 10.1. The summed E-state index contributed by atoms with van der Waals surface area (Å²) in [6.07, 6.45) is 0. The summed E-state index contributed by atoms with van der Waals surface area (Å²) < 4.78 is 327. The van der Waals surface area contributed by atoms with Crippen molar-refractivity contribution in [3.63, 3.8) is 0 Å². The summed E-state index contributed by atoms with van der Waals surface area (Å²) >= 11 is 7.43. The van der Waals surface area contributed by atoms with Gasteiger partial charge in [-0.15, -0.1) is 8.67 Å². The van der Waals surface area contributed by atoms with E-state index in [-0.39, 0.29) is 57.3 Å². The van der Waals surface area contributed by atoms with Gasteiger partial charge in [-0.1, -0.05) is 70.2 Å². The van der Waals surface area contributed by atoms with Crippen LogP contribution in [-0.4, -0.2) is 207 Å². The molecule has 0 saturated heterocycles. The molecule has 644 valence electrons. The first-order valence-corrected chi connectivity index (χ1v) is 49.2. The Morgan fingerprint density at radius 2 is 0.724 bits per heavy atom. The lowest BCUT2D eigenvalue weighted by Crippen LogP contribution is -2.15. The molecule has 0 unspecified atom stereocenters. The summed E-state index contributed by atoms with van der Waals surface area (Å²) in [5.74, 6) is -2.96. The maximum atomic E-state index is 12.5. The standard InChI is InChI=1S/C18H18ClN5O9S3.C13H14O9S3.C9H12O9S3.2C9H12O6S2/c1-11-9-13(5-6-15(11)34-33-32-25)21-18-23-16(19)22-17(24-18)20-12-3-2-4-14(10-12)35(26,27)8-7-31-36(28,29)30;1-9-2-3-10-8-11(4-5-12(10)13(9)24(16,17)18)23(14,15)7-6-22-25(19,20)21;1-7-2-3-8(6-9(7)19-18-17-10)20(11,12)5-4-16-21(13,14)15;1-8-2-4-9(5-3-8)16(10,11)7-6-15-17(12,13)14;1-8-3-2-4-9(7-8)16(10,11)6-5-15-17(12,13)14/h2-6,9-10,25H,7-8H2,1H3,(H,28,29,30)(H2,20,21,22,23,24);2-5,8H,6-7H2,1H3,(H,16,17,18)(H,19,20,21);2-3,6,10H,4-5H2,1H3,(H,13,14,15);2-5H,6-7H2,1H3,(H,12,13,14);2-4,7H,5-6H2,1H3,(H,12,13,14). The van der Waals surface area contributed by atoms with Crippen molar-refractivity contribution in [3.8, 4) is 0 Å². The Balaban J connectivity index is 0.000000315. The quantitative estimate of drug-likeness (QED) is 0.00864. The number of sulfone groups is 5. The van der Waals surface area contributed by atoms with Gasteiger partial charge in [0.25, 0.3) is 10.1 Å². The van der Waals surface area contributed by atoms with Crippen LogP contribution in [0.25, 0.3) is 10.8 Å². The van der Waals surface area contributed by atoms with E-state index in [0.29, 0.717) is 44.3 Å². The van der Waals surface area contributed by atoms with Crippen LogP contribution in [0.2, 0.25) is 5.28 Å². The fraction of sp³-hybridized carbons (Fsp3) is 0.259. The van der Waals surface area contributed by atoms with Crippen molar-refractivity contribution in [2.24, 2.45) is 0 Å². The van der Waals surface area contributed by atoms with E-state index in [1.165, 1.54) is 91.9 Å². The smallest absolute Gasteiger partial charge is 0.324 e. The van der Waals surface area contributed by atoms with Gasteiger partial charge in [0.15, 0.2) is 49.2 Å². The number of benzene rings is 7. The predicted molar refractivity (Wildman–Crippen MR) is 410 cm³/mol. The van der Waals surface area contributed by atoms with Crippen LogP contribution < -0.4 is 10.6 Å². The fourth-order valence-corrected chi connectivity index (χ4v) is 18.3. The molecule has 0 atom stereocenters. The molecular weight excluding hydrogens is 1840 g/mol. The summed E-state index contributed by atoms with van der Waals surface area (Å²) in [7, 11) is -46.8. The highest BCUT2D eigenvalue weighted by atomic mass is 35.5. The highest BCUT2D eigenvalue weighted by Gasteiger charge is 2.25. The third kappa shape index (κ3) is 37.6. The second-order valence-corrected chi connectivity index (χ2v) is 41.6. The summed E-state index contributed by atoms with van der Waals surface area (Å²) in [4.78, 5) is 12.7. The van der Waals surface area contributed by atoms with Crippen molar-refractivity contribution in [3.05, 3.63) is 173 Å². The molecule has 1 heterocycles. The first-order chi connectivity index (χ1) is 53.3. The number of hydrogen-bond acceptors (Lipinski definition) is 40. The number of aryl methyl sites for hydroxylation is 5. The number of nitrogens with one attached hydrogen (secondary N) is 2. The topological polar surface area (TPSA) is 683 Å². The molecule has 0 aliphatic rings. The number of halogens is 1. The minimum Gasteiger partial charge on any atom is -0.324 e. The van der Waals surface area contributed by atoms with Gasteiger partial charge < -0.3 is 10.6 Å². The number of nitrogens with zero attached hydrogens (tertiary/aromatic N) is 3. The summed E-state index contributed by atoms with van der Waals surface area (Å²) in [6.45, 7) is 5.06. The van der Waals surface area contributed by atoms with E-state index in [1.54, 1.807) is 69.3 Å². The minimum absolute atomic E-state index is 0.0131. The SMILES string of the molecule is Cc1cc(Nc2nc(Cl)nc(Nc3cccc(S(=O)(=O)CCOS(=O)(=O)O)c3)n2)ccc1SOOO.Cc1ccc(S(=O)(=O)CCOS(=O)(=O)O)cc1.Cc1ccc(S(=O)(=O)CCOS(=O)(=O)O)cc1SOOO.Cc1ccc2cc(S(=O)(=O)CCOS(=O)(=O)O)ccc2c1S(=O)(=O)O.Cc1cccc(S(=O)(=O)CCOS(=O)(=O)O)c1. The highest BCUT2D eigenvalue weighted by molar-refractivity contribution is 7.95. The van der Waals surface area contributed by atoms with Crippen molar-refractivity contribution >= 4 is 181 Å². The Morgan fingerprint density at radius 1 is 0.353 bits per heavy atom. The highest BCUT2D eigenvalue weighted by Crippen LogP contribution is 2.32. The van der Waals surface area contributed by atoms with Crippen LogP contribution in [0.3, 0.4) is 0 Å². The number of fused-ring (bicyclic) bond motifs is 1. The number of rotatable bonds is 36. The first-order valence-electron chi connectivity index (χ1n) is 30.8. The zero-order chi connectivity index (χ0) is 87.7. The lowest BCUT2D eigenvalue weighted by Gasteiger charge is -2.11. The van der Waals surface area contributed by atoms with Gasteiger partial charge in [-0.25, -0.2) is 73.5 Å². The zero-order valence-corrected chi connectivity index (χ0v) is 71.0. The van der Waals surface area contributed by atoms with E-state index in [4.69, 9.17) is 44.9 Å². The third-order valence-corrected chi connectivity index (χ3v) is 27.2. The maximum absolute atomic E-state index is 12.5. The zero-order valence-electron chi connectivity index (χ0n) is 59.6. The van der Waals surface area contributed by atoms with Crippen LogP contribution in [0.5, 0.6) is 0 Å². The fourth-order valence-electron chi connectivity index (χ4n) is 8.59. The molecule has 0 aliphatic carbocycles. The molecule has 0 amide bonds. The van der Waals surface area contributed by atoms with Crippen molar-refractivity contribution in [1.29, 1.82) is 0 Å². The Labute approximate surface area is 679 Å². The number of aromatic nitrogens is 3. The average Bonchev–Trinajstić information content (AvgIpc) is 0.768. The first kappa shape index (κ1) is 102. The molecule has 0 fully saturated rings. The van der Waals surface area contributed by atoms with Crippen LogP contribution in [0, 0.1) is 34.6 Å². The van der Waals surface area contributed by atoms with Gasteiger partial charge in [-0.3, -0.25) is 27.3 Å². The minimum atomic E-state index is -4.76. The largest absolute Gasteiger partial charge is 0.397 e. The summed E-state index contributed by atoms with van der Waals surface area (Å²) in [5.41, 5.74) is 4.36. The Hall–Kier alpha value is -6.83. The van der Waals surface area contributed by atoms with Gasteiger partial charge >= 0.3 is 52.0 Å². The van der Waals surface area contributed by atoms with Gasteiger partial charge in [0.2, 0.25) is 17.2 Å². The van der Waals surface area contributed by atoms with Gasteiger partial charge in [-0.05, 0) is 159 Å². The van der Waals surface area contributed by atoms with E-state index in [0.717, 1.165) is 34.8 Å². The van der Waals surface area contributed by atoms with Crippen molar-refractivity contribution in [2.45, 2.75) is 73.8 Å². The molecule has 0 bridgehead atoms. The summed E-state index contributed by atoms with van der Waals surface area (Å²) in [6, 6.07) is 33.7. The Morgan fingerprint density at radius 3 is 1.14 bits per heavy atom. The molecule has 0 radical (unpaired) electrons. The van der Waals surface area contributed by atoms with Gasteiger partial charge in [0.1, 0.15) is 4.90 Å². The summed E-state index contributed by atoms with van der Waals surface area (Å²) in [5, 5.41) is 29.4. The average molecular weight is 1910 g/mol. The van der Waals surface area contributed by atoms with Crippen molar-refractivity contribution < 1.29 is 170 Å². The molecular formula is C58H68ClN5O39S13. The van der Waals surface area contributed by atoms with Crippen LogP contribution in [-0.2, 0) is 151 Å². The lowest BCUT2D eigenvalue weighted by molar-refractivity contribution is -0.432. The Bertz CT molecular complexity index is 6100. The molecule has 1 aromatic heterocycles. The van der Waals surface area contributed by atoms with Crippen LogP contribution >= 0.6 is 35.7 Å². The van der Waals surface area contributed by atoms with E-state index in [2.05, 4.69) is 65.2 Å². The van der Waals surface area contributed by atoms with Gasteiger partial charge in [0, 0.05) is 26.6 Å². The molecule has 7 aromatic carbocycles. The Kier molecular flexibility index (Phi) is 38.4. The van der Waals surface area contributed by atoms with Gasteiger partial charge in [0.05, 0.1) is 110 Å². The van der Waals surface area contributed by atoms with Crippen LogP contribution in [0.1, 0.15) is 27.8 Å². The van der Waals surface area contributed by atoms with Crippen LogP contribution in [0.4, 0.5) is 23.3 Å². The van der Waals surface area contributed by atoms with E-state index < -0.39 is 173 Å². The van der Waals surface area contributed by atoms with Crippen molar-refractivity contribution in [1.82, 2.24) is 15.0 Å². The van der Waals surface area contributed by atoms with E-state index in [1.807, 2.05) is 6.92 Å². The third-order valence-electron chi connectivity index (χ3n) is 13.7. The molecule has 58 heteroatoms. The second kappa shape index (κ2) is 43.9. The molecule has 44 nitrogen and oxygen atoms in total. The maximum Gasteiger partial charge on any atom is 0.397 e. The molecule has 8 rings (SSSR count). The van der Waals surface area contributed by atoms with Crippen molar-refractivity contribution in [2.75, 3.05) is 72.4 Å². The van der Waals surface area contributed by atoms with E-state index in [9.17, 15) is 97.1 Å². The van der Waals surface area contributed by atoms with Crippen LogP contribution in [0.15, 0.2) is 179 Å². The van der Waals surface area contributed by atoms with Gasteiger partial charge in [-0.2, -0.15) is 65.5 Å². The number of hydrogen-bond donors (Lipinski definition) is 10. The molecule has 0 aliphatic heterocycles. The second-order valence-electron chi connectivity index (χ2n) is 22.4. The molecule has 0 spiro atoms. The molecule has 116 heavy (non-hydrogen) atoms. The predicted octanol–water partition coefficient (Wildman–Crippen LogP) is 6.52.